The van der Waals surface area contributed by atoms with E-state index < -0.39 is 5.91 Å². The van der Waals surface area contributed by atoms with Crippen molar-refractivity contribution < 1.29 is 14.0 Å². The van der Waals surface area contributed by atoms with Gasteiger partial charge in [0.15, 0.2) is 5.78 Å². The predicted molar refractivity (Wildman–Crippen MR) is 104 cm³/mol. The van der Waals surface area contributed by atoms with Crippen molar-refractivity contribution in [3.05, 3.63) is 83.4 Å². The third-order valence-corrected chi connectivity index (χ3v) is 4.47. The third-order valence-electron chi connectivity index (χ3n) is 4.47. The number of Topliss-reactive ketones (excluding diaryl/α,β-unsaturated/α-hetero) is 1. The number of benzene rings is 3. The van der Waals surface area contributed by atoms with Crippen LogP contribution in [-0.4, -0.2) is 11.7 Å². The zero-order valence-corrected chi connectivity index (χ0v) is 14.6. The first-order valence-corrected chi connectivity index (χ1v) is 8.45. The number of amides is 1. The van der Waals surface area contributed by atoms with Gasteiger partial charge in [-0.2, -0.15) is 0 Å². The van der Waals surface area contributed by atoms with Crippen molar-refractivity contribution >= 4 is 39.1 Å². The SMILES string of the molecule is CC(=O)c1ccc(NC(=O)c2cc3c(ccc4ccccc43)oc2=N)cc1. The number of rotatable bonds is 3. The van der Waals surface area contributed by atoms with Crippen molar-refractivity contribution in [3.8, 4) is 0 Å². The van der Waals surface area contributed by atoms with Gasteiger partial charge in [-0.05, 0) is 54.1 Å². The lowest BCUT2D eigenvalue weighted by atomic mass is 10.0. The maximum Gasteiger partial charge on any atom is 0.261 e. The molecule has 0 atom stereocenters. The van der Waals surface area contributed by atoms with Crippen LogP contribution >= 0.6 is 0 Å². The Hall–Kier alpha value is -3.73. The van der Waals surface area contributed by atoms with E-state index >= 15 is 0 Å². The molecule has 5 heteroatoms. The Kier molecular flexibility index (Phi) is 4.05. The van der Waals surface area contributed by atoms with Crippen molar-refractivity contribution in [2.24, 2.45) is 0 Å². The van der Waals surface area contributed by atoms with Crippen LogP contribution in [-0.2, 0) is 0 Å². The van der Waals surface area contributed by atoms with Crippen molar-refractivity contribution in [1.29, 1.82) is 5.41 Å². The molecular weight excluding hydrogens is 340 g/mol. The largest absolute Gasteiger partial charge is 0.438 e. The zero-order chi connectivity index (χ0) is 19.0. The number of carbonyl (C=O) groups excluding carboxylic acids is 2. The van der Waals surface area contributed by atoms with Gasteiger partial charge in [-0.3, -0.25) is 15.0 Å². The van der Waals surface area contributed by atoms with E-state index in [0.29, 0.717) is 16.8 Å². The molecule has 0 aliphatic heterocycles. The highest BCUT2D eigenvalue weighted by Crippen LogP contribution is 2.25. The third kappa shape index (κ3) is 3.11. The molecule has 0 spiro atoms. The Morgan fingerprint density at radius 2 is 1.67 bits per heavy atom. The quantitative estimate of drug-likeness (QED) is 0.418. The monoisotopic (exact) mass is 356 g/mol. The van der Waals surface area contributed by atoms with Crippen molar-refractivity contribution in [2.45, 2.75) is 6.92 Å². The van der Waals surface area contributed by atoms with Crippen LogP contribution in [0.2, 0.25) is 0 Å². The molecule has 0 unspecified atom stereocenters. The van der Waals surface area contributed by atoms with Gasteiger partial charge in [0, 0.05) is 16.6 Å². The van der Waals surface area contributed by atoms with E-state index in [1.165, 1.54) is 6.92 Å². The summed E-state index contributed by atoms with van der Waals surface area (Å²) in [4.78, 5) is 24.0. The van der Waals surface area contributed by atoms with Gasteiger partial charge in [0.2, 0.25) is 5.55 Å². The van der Waals surface area contributed by atoms with E-state index in [4.69, 9.17) is 9.83 Å². The van der Waals surface area contributed by atoms with E-state index in [1.54, 1.807) is 36.4 Å². The summed E-state index contributed by atoms with van der Waals surface area (Å²) in [6, 6.07) is 19.8. The van der Waals surface area contributed by atoms with Crippen LogP contribution in [0, 0.1) is 5.41 Å². The molecule has 132 valence electrons. The average molecular weight is 356 g/mol. The van der Waals surface area contributed by atoms with Crippen LogP contribution in [0.15, 0.2) is 71.1 Å². The first-order valence-electron chi connectivity index (χ1n) is 8.45. The van der Waals surface area contributed by atoms with Crippen LogP contribution in [0.3, 0.4) is 0 Å². The Balaban J connectivity index is 1.74. The Morgan fingerprint density at radius 3 is 2.41 bits per heavy atom. The summed E-state index contributed by atoms with van der Waals surface area (Å²) in [5.74, 6) is -0.476. The lowest BCUT2D eigenvalue weighted by Crippen LogP contribution is -2.20. The molecule has 0 bridgehead atoms. The Morgan fingerprint density at radius 1 is 0.926 bits per heavy atom. The predicted octanol–water partition coefficient (Wildman–Crippen LogP) is 4.52. The van der Waals surface area contributed by atoms with Gasteiger partial charge in [-0.25, -0.2) is 0 Å². The molecule has 0 radical (unpaired) electrons. The summed E-state index contributed by atoms with van der Waals surface area (Å²) in [7, 11) is 0. The van der Waals surface area contributed by atoms with Gasteiger partial charge < -0.3 is 9.73 Å². The first kappa shape index (κ1) is 16.7. The molecule has 1 heterocycles. The molecule has 1 amide bonds. The minimum Gasteiger partial charge on any atom is -0.438 e. The van der Waals surface area contributed by atoms with Crippen molar-refractivity contribution in [1.82, 2.24) is 0 Å². The second kappa shape index (κ2) is 6.53. The van der Waals surface area contributed by atoms with Gasteiger partial charge in [-0.15, -0.1) is 0 Å². The van der Waals surface area contributed by atoms with Crippen LogP contribution in [0.25, 0.3) is 21.7 Å². The number of fused-ring (bicyclic) bond motifs is 3. The molecule has 4 aromatic rings. The number of anilines is 1. The van der Waals surface area contributed by atoms with Gasteiger partial charge in [0.05, 0.1) is 0 Å². The summed E-state index contributed by atoms with van der Waals surface area (Å²) < 4.78 is 5.57. The van der Waals surface area contributed by atoms with Gasteiger partial charge in [0.25, 0.3) is 5.91 Å². The number of hydrogen-bond acceptors (Lipinski definition) is 4. The second-order valence-electron chi connectivity index (χ2n) is 6.28. The topological polar surface area (TPSA) is 83.2 Å². The number of nitrogens with one attached hydrogen (secondary N) is 2. The maximum absolute atomic E-state index is 12.7. The minimum atomic E-state index is -0.436. The highest BCUT2D eigenvalue weighted by molar-refractivity contribution is 6.10. The Labute approximate surface area is 154 Å². The summed E-state index contributed by atoms with van der Waals surface area (Å²) >= 11 is 0. The smallest absolute Gasteiger partial charge is 0.261 e. The number of hydrogen-bond donors (Lipinski definition) is 2. The van der Waals surface area contributed by atoms with E-state index in [2.05, 4.69) is 5.32 Å². The summed E-state index contributed by atoms with van der Waals surface area (Å²) in [6.07, 6.45) is 0. The minimum absolute atomic E-state index is 0.0403. The molecule has 3 aromatic carbocycles. The molecular formula is C22H16N2O3. The molecule has 5 nitrogen and oxygen atoms in total. The molecule has 0 saturated carbocycles. The standard InChI is InChI=1S/C22H16N2O3/c1-13(25)14-6-9-16(10-7-14)24-22(26)19-12-18-17-5-3-2-4-15(17)8-11-20(18)27-21(19)23/h2-12,23H,1H3,(H,24,26). The molecule has 0 saturated heterocycles. The second-order valence-corrected chi connectivity index (χ2v) is 6.28. The number of carbonyl (C=O) groups is 2. The maximum atomic E-state index is 12.7. The fourth-order valence-electron chi connectivity index (χ4n) is 3.04. The first-order chi connectivity index (χ1) is 13.0. The Bertz CT molecular complexity index is 1250. The lowest BCUT2D eigenvalue weighted by molar-refractivity contribution is 0.101. The van der Waals surface area contributed by atoms with Crippen LogP contribution < -0.4 is 10.9 Å². The van der Waals surface area contributed by atoms with Crippen LogP contribution in [0.5, 0.6) is 0 Å². The number of ketones is 1. The van der Waals surface area contributed by atoms with Crippen LogP contribution in [0.4, 0.5) is 5.69 Å². The summed E-state index contributed by atoms with van der Waals surface area (Å²) in [5, 5.41) is 13.6. The van der Waals surface area contributed by atoms with Crippen molar-refractivity contribution in [3.63, 3.8) is 0 Å². The molecule has 27 heavy (non-hydrogen) atoms. The van der Waals surface area contributed by atoms with E-state index in [0.717, 1.165) is 16.2 Å². The molecule has 0 aliphatic carbocycles. The van der Waals surface area contributed by atoms with Gasteiger partial charge in [0.1, 0.15) is 11.1 Å². The molecule has 0 fully saturated rings. The van der Waals surface area contributed by atoms with Gasteiger partial charge >= 0.3 is 0 Å². The van der Waals surface area contributed by atoms with Crippen molar-refractivity contribution in [2.75, 3.05) is 5.32 Å². The fraction of sp³-hybridized carbons (Fsp3) is 0.0455. The van der Waals surface area contributed by atoms with E-state index in [1.807, 2.05) is 30.3 Å². The summed E-state index contributed by atoms with van der Waals surface area (Å²) in [5.41, 5.74) is 1.62. The van der Waals surface area contributed by atoms with E-state index in [9.17, 15) is 9.59 Å². The molecule has 1 aromatic heterocycles. The highest BCUT2D eigenvalue weighted by atomic mass is 16.3. The molecule has 0 aliphatic rings. The van der Waals surface area contributed by atoms with E-state index in [-0.39, 0.29) is 16.9 Å². The molecule has 2 N–H and O–H groups in total. The average Bonchev–Trinajstić information content (AvgIpc) is 2.67. The zero-order valence-electron chi connectivity index (χ0n) is 14.6. The summed E-state index contributed by atoms with van der Waals surface area (Å²) in [6.45, 7) is 1.49. The lowest BCUT2D eigenvalue weighted by Gasteiger charge is -2.08. The fourth-order valence-corrected chi connectivity index (χ4v) is 3.04. The van der Waals surface area contributed by atoms with Crippen LogP contribution in [0.1, 0.15) is 27.6 Å². The van der Waals surface area contributed by atoms with Gasteiger partial charge in [-0.1, -0.05) is 30.3 Å². The highest BCUT2D eigenvalue weighted by Gasteiger charge is 2.13. The molecule has 4 rings (SSSR count). The normalized spacial score (nSPS) is 10.9.